The number of aliphatic hydroxyl groups excluding tert-OH is 1. The first-order valence-corrected chi connectivity index (χ1v) is 7.23. The number of nitrogens with one attached hydrogen (secondary N) is 3. The summed E-state index contributed by atoms with van der Waals surface area (Å²) in [6.45, 7) is 0. The van der Waals surface area contributed by atoms with Crippen molar-refractivity contribution in [2.24, 2.45) is 10.7 Å². The van der Waals surface area contributed by atoms with E-state index in [-0.39, 0.29) is 0 Å². The van der Waals surface area contributed by atoms with Crippen LogP contribution < -0.4 is 11.1 Å². The van der Waals surface area contributed by atoms with Gasteiger partial charge in [-0.1, -0.05) is 11.6 Å². The molecule has 3 rings (SSSR count). The molecular formula is C15H15ClN6O. The summed E-state index contributed by atoms with van der Waals surface area (Å²) in [5.74, 6) is 0.784. The van der Waals surface area contributed by atoms with Crippen molar-refractivity contribution in [1.82, 2.24) is 15.2 Å². The highest BCUT2D eigenvalue weighted by Crippen LogP contribution is 2.30. The van der Waals surface area contributed by atoms with Crippen LogP contribution in [0.1, 0.15) is 17.5 Å². The van der Waals surface area contributed by atoms with Gasteiger partial charge in [0.1, 0.15) is 12.0 Å². The Morgan fingerprint density at radius 3 is 2.74 bits per heavy atom. The predicted molar refractivity (Wildman–Crippen MR) is 90.5 cm³/mol. The minimum Gasteiger partial charge on any atom is -0.374 e. The van der Waals surface area contributed by atoms with Gasteiger partial charge in [-0.25, -0.2) is 4.99 Å². The van der Waals surface area contributed by atoms with Crippen LogP contribution in [0.15, 0.2) is 47.6 Å². The fourth-order valence-electron chi connectivity index (χ4n) is 2.05. The van der Waals surface area contributed by atoms with E-state index in [0.29, 0.717) is 22.2 Å². The van der Waals surface area contributed by atoms with E-state index in [2.05, 4.69) is 25.5 Å². The summed E-state index contributed by atoms with van der Waals surface area (Å²) in [5, 5.41) is 20.4. The molecule has 1 aromatic carbocycles. The van der Waals surface area contributed by atoms with Gasteiger partial charge in [0.15, 0.2) is 5.82 Å². The number of hydrogen-bond acceptors (Lipinski definition) is 5. The Balaban J connectivity index is 1.87. The van der Waals surface area contributed by atoms with Gasteiger partial charge in [0.05, 0.1) is 17.5 Å². The molecule has 0 aliphatic carbocycles. The number of nitrogens with zero attached hydrogens (tertiary/aromatic N) is 2. The van der Waals surface area contributed by atoms with Crippen molar-refractivity contribution in [1.29, 1.82) is 0 Å². The van der Waals surface area contributed by atoms with E-state index in [1.54, 1.807) is 36.7 Å². The Hall–Kier alpha value is -2.61. The molecule has 1 atom stereocenters. The summed E-state index contributed by atoms with van der Waals surface area (Å²) in [5.41, 5.74) is 7.61. The molecule has 0 saturated heterocycles. The lowest BCUT2D eigenvalue weighted by Gasteiger charge is -2.09. The van der Waals surface area contributed by atoms with Crippen molar-refractivity contribution < 1.29 is 5.11 Å². The van der Waals surface area contributed by atoms with Crippen LogP contribution in [0.4, 0.5) is 17.3 Å². The minimum atomic E-state index is -1.22. The van der Waals surface area contributed by atoms with E-state index >= 15 is 0 Å². The monoisotopic (exact) mass is 330 g/mol. The van der Waals surface area contributed by atoms with Crippen molar-refractivity contribution in [3.63, 3.8) is 0 Å². The van der Waals surface area contributed by atoms with Crippen LogP contribution in [0.2, 0.25) is 5.02 Å². The topological polar surface area (TPSA) is 115 Å². The molecule has 0 amide bonds. The Labute approximate surface area is 137 Å². The van der Waals surface area contributed by atoms with Crippen molar-refractivity contribution in [3.05, 3.63) is 58.9 Å². The quantitative estimate of drug-likeness (QED) is 0.365. The average Bonchev–Trinajstić information content (AvgIpc) is 3.17. The van der Waals surface area contributed by atoms with Crippen molar-refractivity contribution in [3.8, 4) is 0 Å². The maximum Gasteiger partial charge on any atom is 0.183 e. The second-order valence-corrected chi connectivity index (χ2v) is 5.23. The van der Waals surface area contributed by atoms with Gasteiger partial charge in [0, 0.05) is 16.9 Å². The van der Waals surface area contributed by atoms with E-state index in [1.807, 2.05) is 12.1 Å². The molecule has 0 spiro atoms. The normalized spacial score (nSPS) is 12.7. The molecule has 7 nitrogen and oxygen atoms in total. The van der Waals surface area contributed by atoms with Crippen LogP contribution in [0.25, 0.3) is 0 Å². The highest BCUT2D eigenvalue weighted by molar-refractivity contribution is 6.30. The molecule has 0 fully saturated rings. The number of rotatable bonds is 5. The smallest absolute Gasteiger partial charge is 0.183 e. The van der Waals surface area contributed by atoms with Crippen molar-refractivity contribution in [2.45, 2.75) is 6.23 Å². The SMILES string of the molecule is NC(O)c1c(N=Cc2ccc[nH]2)n[nH]c1Nc1ccc(Cl)cc1. The van der Waals surface area contributed by atoms with Gasteiger partial charge < -0.3 is 21.1 Å². The lowest BCUT2D eigenvalue weighted by Crippen LogP contribution is -2.10. The second-order valence-electron chi connectivity index (χ2n) is 4.80. The molecule has 0 aliphatic heterocycles. The zero-order valence-electron chi connectivity index (χ0n) is 12.0. The van der Waals surface area contributed by atoms with Gasteiger partial charge in [-0.2, -0.15) is 5.10 Å². The summed E-state index contributed by atoms with van der Waals surface area (Å²) in [6.07, 6.45) is 2.17. The molecule has 0 saturated carbocycles. The van der Waals surface area contributed by atoms with Gasteiger partial charge in [-0.05, 0) is 36.4 Å². The number of benzene rings is 1. The number of halogens is 1. The molecule has 23 heavy (non-hydrogen) atoms. The fraction of sp³-hybridized carbons (Fsp3) is 0.0667. The molecule has 2 heterocycles. The Morgan fingerprint density at radius 1 is 1.30 bits per heavy atom. The van der Waals surface area contributed by atoms with Gasteiger partial charge >= 0.3 is 0 Å². The molecule has 0 aliphatic rings. The lowest BCUT2D eigenvalue weighted by atomic mass is 10.2. The maximum atomic E-state index is 9.83. The average molecular weight is 331 g/mol. The van der Waals surface area contributed by atoms with Crippen LogP contribution in [-0.2, 0) is 0 Å². The molecule has 2 aromatic heterocycles. The minimum absolute atomic E-state index is 0.311. The summed E-state index contributed by atoms with van der Waals surface area (Å²) in [7, 11) is 0. The van der Waals surface area contributed by atoms with E-state index in [9.17, 15) is 5.11 Å². The van der Waals surface area contributed by atoms with Crippen LogP contribution in [0.3, 0.4) is 0 Å². The number of nitrogens with two attached hydrogens (primary N) is 1. The number of aromatic nitrogens is 3. The summed E-state index contributed by atoms with van der Waals surface area (Å²) in [6, 6.07) is 10.8. The molecule has 6 N–H and O–H groups in total. The zero-order valence-corrected chi connectivity index (χ0v) is 12.7. The molecule has 0 radical (unpaired) electrons. The number of hydrogen-bond donors (Lipinski definition) is 5. The number of aromatic amines is 2. The fourth-order valence-corrected chi connectivity index (χ4v) is 2.17. The summed E-state index contributed by atoms with van der Waals surface area (Å²) < 4.78 is 0. The molecular weight excluding hydrogens is 316 g/mol. The first-order chi connectivity index (χ1) is 11.1. The summed E-state index contributed by atoms with van der Waals surface area (Å²) in [4.78, 5) is 7.25. The van der Waals surface area contributed by atoms with Crippen LogP contribution in [-0.4, -0.2) is 26.5 Å². The van der Waals surface area contributed by atoms with Crippen LogP contribution >= 0.6 is 11.6 Å². The van der Waals surface area contributed by atoms with Crippen molar-refractivity contribution in [2.75, 3.05) is 5.32 Å². The number of aliphatic hydroxyl groups is 1. The molecule has 8 heteroatoms. The third kappa shape index (κ3) is 3.59. The Kier molecular flexibility index (Phi) is 4.42. The molecule has 3 aromatic rings. The largest absolute Gasteiger partial charge is 0.374 e. The van der Waals surface area contributed by atoms with E-state index in [4.69, 9.17) is 17.3 Å². The van der Waals surface area contributed by atoms with E-state index in [1.165, 1.54) is 0 Å². The van der Waals surface area contributed by atoms with Crippen LogP contribution in [0, 0.1) is 0 Å². The van der Waals surface area contributed by atoms with Gasteiger partial charge in [-0.3, -0.25) is 5.10 Å². The Bertz CT molecular complexity index is 792. The van der Waals surface area contributed by atoms with Gasteiger partial charge in [0.2, 0.25) is 0 Å². The first-order valence-electron chi connectivity index (χ1n) is 6.85. The molecule has 1 unspecified atom stereocenters. The predicted octanol–water partition coefficient (Wildman–Crippen LogP) is 2.83. The summed E-state index contributed by atoms with van der Waals surface area (Å²) >= 11 is 5.86. The molecule has 0 bridgehead atoms. The first kappa shape index (κ1) is 15.3. The van der Waals surface area contributed by atoms with Crippen LogP contribution in [0.5, 0.6) is 0 Å². The van der Waals surface area contributed by atoms with E-state index in [0.717, 1.165) is 11.4 Å². The van der Waals surface area contributed by atoms with Crippen molar-refractivity contribution >= 4 is 35.1 Å². The lowest BCUT2D eigenvalue weighted by molar-refractivity contribution is 0.187. The standard InChI is InChI=1S/C15H15ClN6O/c16-9-3-5-10(6-4-9)20-15-12(13(17)23)14(21-22-15)19-8-11-2-1-7-18-11/h1-8,13,18,23H,17H2,(H2,20,21,22). The number of anilines is 2. The highest BCUT2D eigenvalue weighted by atomic mass is 35.5. The molecule has 118 valence electrons. The number of H-pyrrole nitrogens is 2. The zero-order chi connectivity index (χ0) is 16.2. The Morgan fingerprint density at radius 2 is 2.09 bits per heavy atom. The third-order valence-electron chi connectivity index (χ3n) is 3.14. The maximum absolute atomic E-state index is 9.83. The third-order valence-corrected chi connectivity index (χ3v) is 3.39. The second kappa shape index (κ2) is 6.66. The van der Waals surface area contributed by atoms with Gasteiger partial charge in [-0.15, -0.1) is 0 Å². The van der Waals surface area contributed by atoms with Gasteiger partial charge in [0.25, 0.3) is 0 Å². The van der Waals surface area contributed by atoms with E-state index < -0.39 is 6.23 Å². The number of aliphatic imine (C=N–C) groups is 1. The highest BCUT2D eigenvalue weighted by Gasteiger charge is 2.18.